The number of likely N-dealkylation sites (N-methyl/N-ethyl adjacent to an activating group) is 1. The summed E-state index contributed by atoms with van der Waals surface area (Å²) in [5, 5.41) is 3.59. The zero-order valence-electron chi connectivity index (χ0n) is 13.1. The van der Waals surface area contributed by atoms with E-state index in [2.05, 4.69) is 38.0 Å². The van der Waals surface area contributed by atoms with Crippen molar-refractivity contribution in [1.82, 2.24) is 10.2 Å². The molecule has 1 fully saturated rings. The van der Waals surface area contributed by atoms with Gasteiger partial charge in [-0.1, -0.05) is 46.5 Å². The summed E-state index contributed by atoms with van der Waals surface area (Å²) in [7, 11) is 2.31. The van der Waals surface area contributed by atoms with Crippen LogP contribution in [0.4, 0.5) is 0 Å². The van der Waals surface area contributed by atoms with Gasteiger partial charge in [0.2, 0.25) is 0 Å². The van der Waals surface area contributed by atoms with E-state index in [1.807, 2.05) is 0 Å². The average molecular weight is 254 g/mol. The van der Waals surface area contributed by atoms with Gasteiger partial charge in [0, 0.05) is 19.1 Å². The molecule has 1 N–H and O–H groups in total. The largest absolute Gasteiger partial charge is 0.315 e. The smallest absolute Gasteiger partial charge is 0.0107 e. The van der Waals surface area contributed by atoms with Gasteiger partial charge >= 0.3 is 0 Å². The van der Waals surface area contributed by atoms with Gasteiger partial charge < -0.3 is 10.2 Å². The van der Waals surface area contributed by atoms with E-state index in [1.54, 1.807) is 0 Å². The minimum Gasteiger partial charge on any atom is -0.315 e. The van der Waals surface area contributed by atoms with Crippen LogP contribution in [0, 0.1) is 5.41 Å². The summed E-state index contributed by atoms with van der Waals surface area (Å²) >= 11 is 0. The first-order valence-corrected chi connectivity index (χ1v) is 7.90. The Morgan fingerprint density at radius 3 is 2.17 bits per heavy atom. The molecule has 0 spiro atoms. The lowest BCUT2D eigenvalue weighted by Gasteiger charge is -2.27. The molecule has 2 nitrogen and oxygen atoms in total. The molecule has 1 saturated carbocycles. The minimum absolute atomic E-state index is 0.459. The normalized spacial score (nSPS) is 19.2. The number of hydrogen-bond acceptors (Lipinski definition) is 2. The van der Waals surface area contributed by atoms with Crippen LogP contribution in [-0.2, 0) is 0 Å². The Morgan fingerprint density at radius 1 is 1.00 bits per heavy atom. The van der Waals surface area contributed by atoms with Crippen LogP contribution >= 0.6 is 0 Å². The third-order valence-corrected chi connectivity index (χ3v) is 4.14. The monoisotopic (exact) mass is 254 g/mol. The Hall–Kier alpha value is -0.0800. The Kier molecular flexibility index (Phi) is 7.25. The quantitative estimate of drug-likeness (QED) is 0.575. The molecule has 0 unspecified atom stereocenters. The van der Waals surface area contributed by atoms with E-state index < -0.39 is 0 Å². The van der Waals surface area contributed by atoms with Crippen molar-refractivity contribution >= 4 is 0 Å². The fourth-order valence-electron chi connectivity index (χ4n) is 2.72. The summed E-state index contributed by atoms with van der Waals surface area (Å²) in [6, 6.07) is 0.844. The lowest BCUT2D eigenvalue weighted by molar-refractivity contribution is 0.220. The summed E-state index contributed by atoms with van der Waals surface area (Å²) < 4.78 is 0. The van der Waals surface area contributed by atoms with Crippen LogP contribution < -0.4 is 5.32 Å². The average Bonchev–Trinajstić information content (AvgIpc) is 2.55. The maximum Gasteiger partial charge on any atom is 0.0107 e. The summed E-state index contributed by atoms with van der Waals surface area (Å²) in [5.41, 5.74) is 0.459. The number of nitrogens with zero attached hydrogens (tertiary/aromatic N) is 1. The lowest BCUT2D eigenvalue weighted by atomic mass is 9.92. The third-order valence-electron chi connectivity index (χ3n) is 4.14. The van der Waals surface area contributed by atoms with Gasteiger partial charge in [-0.3, -0.25) is 0 Å². The molecule has 0 aliphatic heterocycles. The van der Waals surface area contributed by atoms with Crippen molar-refractivity contribution in [3.8, 4) is 0 Å². The molecular weight excluding hydrogens is 220 g/mol. The Bertz CT molecular complexity index is 200. The molecule has 0 bridgehead atoms. The summed E-state index contributed by atoms with van der Waals surface area (Å²) in [6.07, 6.45) is 9.87. The molecule has 18 heavy (non-hydrogen) atoms. The molecule has 0 aromatic rings. The molecule has 1 aliphatic rings. The first-order valence-electron chi connectivity index (χ1n) is 7.90. The van der Waals surface area contributed by atoms with E-state index in [4.69, 9.17) is 0 Å². The lowest BCUT2D eigenvalue weighted by Crippen LogP contribution is -2.37. The highest BCUT2D eigenvalue weighted by molar-refractivity contribution is 4.73. The minimum atomic E-state index is 0.459. The van der Waals surface area contributed by atoms with Crippen LogP contribution in [0.1, 0.15) is 65.7 Å². The highest BCUT2D eigenvalue weighted by Crippen LogP contribution is 2.20. The maximum absolute atomic E-state index is 3.59. The van der Waals surface area contributed by atoms with Crippen molar-refractivity contribution in [3.05, 3.63) is 0 Å². The van der Waals surface area contributed by atoms with Gasteiger partial charge in [0.1, 0.15) is 0 Å². The van der Waals surface area contributed by atoms with Gasteiger partial charge in [0.25, 0.3) is 0 Å². The second kappa shape index (κ2) is 8.16. The highest BCUT2D eigenvalue weighted by atomic mass is 15.1. The maximum atomic E-state index is 3.59. The zero-order chi connectivity index (χ0) is 13.4. The number of nitrogens with one attached hydrogen (secondary N) is 1. The molecule has 2 heteroatoms. The summed E-state index contributed by atoms with van der Waals surface area (Å²) in [4.78, 5) is 2.58. The van der Waals surface area contributed by atoms with E-state index in [9.17, 15) is 0 Å². The summed E-state index contributed by atoms with van der Waals surface area (Å²) in [5.74, 6) is 0. The highest BCUT2D eigenvalue weighted by Gasteiger charge is 2.16. The van der Waals surface area contributed by atoms with Crippen molar-refractivity contribution in [2.75, 3.05) is 26.7 Å². The Labute approximate surface area is 115 Å². The van der Waals surface area contributed by atoms with Crippen LogP contribution in [0.5, 0.6) is 0 Å². The predicted octanol–water partition coefficient (Wildman–Crippen LogP) is 3.67. The van der Waals surface area contributed by atoms with Gasteiger partial charge in [-0.25, -0.2) is 0 Å². The number of rotatable bonds is 6. The number of hydrogen-bond donors (Lipinski definition) is 1. The summed E-state index contributed by atoms with van der Waals surface area (Å²) in [6.45, 7) is 10.4. The Morgan fingerprint density at radius 2 is 1.61 bits per heavy atom. The van der Waals surface area contributed by atoms with Gasteiger partial charge in [-0.2, -0.15) is 0 Å². The van der Waals surface area contributed by atoms with Crippen LogP contribution in [0.25, 0.3) is 0 Å². The fraction of sp³-hybridized carbons (Fsp3) is 1.00. The molecule has 108 valence electrons. The van der Waals surface area contributed by atoms with E-state index in [-0.39, 0.29) is 0 Å². The van der Waals surface area contributed by atoms with E-state index >= 15 is 0 Å². The van der Waals surface area contributed by atoms with Gasteiger partial charge in [-0.15, -0.1) is 0 Å². The standard InChI is InChI=1S/C16H34N2/c1-16(2,3)11-12-17-13-14-18(4)15-9-7-5-6-8-10-15/h15,17H,5-14H2,1-4H3. The molecule has 0 radical (unpaired) electrons. The SMILES string of the molecule is CN(CCNCCC(C)(C)C)C1CCCCCC1. The van der Waals surface area contributed by atoms with E-state index in [1.165, 1.54) is 51.5 Å². The fourth-order valence-corrected chi connectivity index (χ4v) is 2.72. The van der Waals surface area contributed by atoms with Gasteiger partial charge in [0.15, 0.2) is 0 Å². The second-order valence-corrected chi connectivity index (χ2v) is 7.19. The topological polar surface area (TPSA) is 15.3 Å². The molecule has 0 heterocycles. The molecule has 0 aromatic heterocycles. The van der Waals surface area contributed by atoms with Crippen molar-refractivity contribution < 1.29 is 0 Å². The predicted molar refractivity (Wildman–Crippen MR) is 81.1 cm³/mol. The molecule has 0 atom stereocenters. The first kappa shape index (κ1) is 16.0. The zero-order valence-corrected chi connectivity index (χ0v) is 13.1. The van der Waals surface area contributed by atoms with E-state index in [0.29, 0.717) is 5.41 Å². The second-order valence-electron chi connectivity index (χ2n) is 7.19. The van der Waals surface area contributed by atoms with Crippen molar-refractivity contribution in [1.29, 1.82) is 0 Å². The molecular formula is C16H34N2. The third kappa shape index (κ3) is 7.38. The van der Waals surface area contributed by atoms with Crippen molar-refractivity contribution in [2.24, 2.45) is 5.41 Å². The van der Waals surface area contributed by atoms with Crippen LogP contribution in [0.2, 0.25) is 0 Å². The van der Waals surface area contributed by atoms with Gasteiger partial charge in [-0.05, 0) is 38.3 Å². The molecule has 1 rings (SSSR count). The molecule has 1 aliphatic carbocycles. The van der Waals surface area contributed by atoms with Crippen LogP contribution in [-0.4, -0.2) is 37.6 Å². The molecule has 0 aromatic carbocycles. The van der Waals surface area contributed by atoms with Crippen molar-refractivity contribution in [3.63, 3.8) is 0 Å². The first-order chi connectivity index (χ1) is 8.49. The van der Waals surface area contributed by atoms with Crippen LogP contribution in [0.15, 0.2) is 0 Å². The van der Waals surface area contributed by atoms with E-state index in [0.717, 1.165) is 19.1 Å². The van der Waals surface area contributed by atoms with Crippen molar-refractivity contribution in [2.45, 2.75) is 71.8 Å². The Balaban J connectivity index is 2.07. The van der Waals surface area contributed by atoms with Crippen LogP contribution in [0.3, 0.4) is 0 Å². The van der Waals surface area contributed by atoms with Gasteiger partial charge in [0.05, 0.1) is 0 Å². The molecule has 0 saturated heterocycles. The molecule has 0 amide bonds.